The zero-order valence-corrected chi connectivity index (χ0v) is 16.5. The number of hydrogen-bond acceptors (Lipinski definition) is 5. The Morgan fingerprint density at radius 1 is 1.10 bits per heavy atom. The molecular formula is C22H21NO5S. The number of benzene rings is 2. The predicted octanol–water partition coefficient (Wildman–Crippen LogP) is 3.03. The van der Waals surface area contributed by atoms with Crippen molar-refractivity contribution in [3.8, 4) is 0 Å². The van der Waals surface area contributed by atoms with E-state index in [-0.39, 0.29) is 10.7 Å². The van der Waals surface area contributed by atoms with Crippen LogP contribution in [0.25, 0.3) is 0 Å². The lowest BCUT2D eigenvalue weighted by molar-refractivity contribution is 0.0667. The van der Waals surface area contributed by atoms with E-state index in [1.54, 1.807) is 42.5 Å². The Bertz CT molecular complexity index is 1090. The van der Waals surface area contributed by atoms with Crippen LogP contribution < -0.4 is 4.72 Å². The maximum Gasteiger partial charge on any atom is 0.243 e. The van der Waals surface area contributed by atoms with Crippen molar-refractivity contribution < 1.29 is 23.4 Å². The molecule has 7 heteroatoms. The summed E-state index contributed by atoms with van der Waals surface area (Å²) in [7, 11) is -4.07. The SMILES string of the molecule is Cc1ccc(S(=O)(=O)NC2(O)C=CC(/C=C/C(=O)c3ccccc3)C=C2O)cc1. The second-order valence-corrected chi connectivity index (χ2v) is 8.45. The van der Waals surface area contributed by atoms with Crippen molar-refractivity contribution in [2.75, 3.05) is 0 Å². The molecule has 0 amide bonds. The largest absolute Gasteiger partial charge is 0.508 e. The Hall–Kier alpha value is -3.00. The number of aryl methyl sites for hydroxylation is 1. The molecule has 2 aromatic rings. The van der Waals surface area contributed by atoms with Crippen LogP contribution in [0.2, 0.25) is 0 Å². The number of hydrogen-bond donors (Lipinski definition) is 3. The van der Waals surface area contributed by atoms with E-state index in [0.29, 0.717) is 5.56 Å². The molecule has 2 aromatic carbocycles. The highest BCUT2D eigenvalue weighted by Crippen LogP contribution is 2.25. The van der Waals surface area contributed by atoms with Gasteiger partial charge in [0.15, 0.2) is 5.78 Å². The van der Waals surface area contributed by atoms with Gasteiger partial charge in [0.2, 0.25) is 15.7 Å². The third-order valence-corrected chi connectivity index (χ3v) is 5.92. The molecule has 0 aliphatic heterocycles. The molecule has 29 heavy (non-hydrogen) atoms. The fraction of sp³-hybridized carbons (Fsp3) is 0.136. The summed E-state index contributed by atoms with van der Waals surface area (Å²) in [5, 5.41) is 20.8. The molecule has 0 fully saturated rings. The minimum Gasteiger partial charge on any atom is -0.508 e. The van der Waals surface area contributed by atoms with Gasteiger partial charge in [-0.2, -0.15) is 4.72 Å². The highest BCUT2D eigenvalue weighted by Gasteiger charge is 2.37. The lowest BCUT2D eigenvalue weighted by atomic mass is 9.96. The topological polar surface area (TPSA) is 104 Å². The van der Waals surface area contributed by atoms with Gasteiger partial charge in [0, 0.05) is 11.5 Å². The van der Waals surface area contributed by atoms with Crippen molar-refractivity contribution in [2.24, 2.45) is 5.92 Å². The van der Waals surface area contributed by atoms with E-state index in [2.05, 4.69) is 4.72 Å². The maximum atomic E-state index is 12.5. The fourth-order valence-electron chi connectivity index (χ4n) is 2.79. The summed E-state index contributed by atoms with van der Waals surface area (Å²) >= 11 is 0. The van der Waals surface area contributed by atoms with Crippen molar-refractivity contribution >= 4 is 15.8 Å². The zero-order valence-electron chi connectivity index (χ0n) is 15.7. The van der Waals surface area contributed by atoms with Gasteiger partial charge in [-0.3, -0.25) is 4.79 Å². The minimum atomic E-state index is -4.07. The van der Waals surface area contributed by atoms with E-state index < -0.39 is 27.4 Å². The van der Waals surface area contributed by atoms with E-state index in [1.807, 2.05) is 13.0 Å². The van der Waals surface area contributed by atoms with Gasteiger partial charge in [-0.25, -0.2) is 8.42 Å². The third-order valence-electron chi connectivity index (χ3n) is 4.45. The molecular weight excluding hydrogens is 390 g/mol. The number of allylic oxidation sites excluding steroid dienone is 4. The van der Waals surface area contributed by atoms with Crippen LogP contribution in [0.5, 0.6) is 0 Å². The zero-order chi connectivity index (χ0) is 21.1. The minimum absolute atomic E-state index is 0.0341. The van der Waals surface area contributed by atoms with Crippen LogP contribution in [0.3, 0.4) is 0 Å². The molecule has 150 valence electrons. The molecule has 0 bridgehead atoms. The Labute approximate surface area is 169 Å². The van der Waals surface area contributed by atoms with Crippen molar-refractivity contribution in [1.29, 1.82) is 0 Å². The van der Waals surface area contributed by atoms with Crippen LogP contribution in [0.4, 0.5) is 0 Å². The lowest BCUT2D eigenvalue weighted by Crippen LogP contribution is -2.49. The molecule has 0 heterocycles. The Balaban J connectivity index is 1.73. The number of aliphatic hydroxyl groups excluding tert-OH is 1. The highest BCUT2D eigenvalue weighted by atomic mass is 32.2. The second-order valence-electron chi connectivity index (χ2n) is 6.76. The average Bonchev–Trinajstić information content (AvgIpc) is 2.69. The second kappa shape index (κ2) is 8.16. The summed E-state index contributed by atoms with van der Waals surface area (Å²) in [5.41, 5.74) is -0.848. The Kier molecular flexibility index (Phi) is 5.83. The molecule has 2 unspecified atom stereocenters. The van der Waals surface area contributed by atoms with E-state index in [1.165, 1.54) is 30.4 Å². The summed E-state index contributed by atoms with van der Waals surface area (Å²) < 4.78 is 27.1. The number of sulfonamides is 1. The quantitative estimate of drug-likeness (QED) is 0.293. The first kappa shape index (κ1) is 20.7. The number of carbonyl (C=O) groups excluding carboxylic acids is 1. The van der Waals surface area contributed by atoms with E-state index >= 15 is 0 Å². The molecule has 0 saturated heterocycles. The van der Waals surface area contributed by atoms with Gasteiger partial charge in [-0.05, 0) is 37.3 Å². The van der Waals surface area contributed by atoms with Crippen LogP contribution in [0.1, 0.15) is 15.9 Å². The maximum absolute atomic E-state index is 12.5. The Morgan fingerprint density at radius 2 is 1.76 bits per heavy atom. The van der Waals surface area contributed by atoms with Crippen LogP contribution in [0.15, 0.2) is 95.6 Å². The summed E-state index contributed by atoms with van der Waals surface area (Å²) in [5.74, 6) is -1.25. The first-order chi connectivity index (χ1) is 13.7. The first-order valence-corrected chi connectivity index (χ1v) is 10.4. The van der Waals surface area contributed by atoms with Crippen molar-refractivity contribution in [2.45, 2.75) is 17.5 Å². The van der Waals surface area contributed by atoms with Gasteiger partial charge in [0.1, 0.15) is 5.76 Å². The number of nitrogens with one attached hydrogen (secondary N) is 1. The van der Waals surface area contributed by atoms with Gasteiger partial charge in [0.05, 0.1) is 4.90 Å². The third kappa shape index (κ3) is 4.89. The molecule has 1 aliphatic carbocycles. The molecule has 2 atom stereocenters. The monoisotopic (exact) mass is 411 g/mol. The fourth-order valence-corrected chi connectivity index (χ4v) is 3.98. The average molecular weight is 411 g/mol. The van der Waals surface area contributed by atoms with Crippen LogP contribution >= 0.6 is 0 Å². The summed E-state index contributed by atoms with van der Waals surface area (Å²) in [4.78, 5) is 12.1. The molecule has 0 saturated carbocycles. The van der Waals surface area contributed by atoms with Gasteiger partial charge in [-0.1, -0.05) is 60.2 Å². The molecule has 3 rings (SSSR count). The first-order valence-electron chi connectivity index (χ1n) is 8.91. The van der Waals surface area contributed by atoms with Crippen molar-refractivity contribution in [3.63, 3.8) is 0 Å². The normalized spacial score (nSPS) is 21.9. The highest BCUT2D eigenvalue weighted by molar-refractivity contribution is 7.89. The van der Waals surface area contributed by atoms with Gasteiger partial charge in [-0.15, -0.1) is 0 Å². The van der Waals surface area contributed by atoms with Gasteiger partial charge in [0.25, 0.3) is 0 Å². The van der Waals surface area contributed by atoms with E-state index in [4.69, 9.17) is 0 Å². The smallest absolute Gasteiger partial charge is 0.243 e. The number of carbonyl (C=O) groups is 1. The molecule has 1 aliphatic rings. The van der Waals surface area contributed by atoms with E-state index in [0.717, 1.165) is 11.6 Å². The van der Waals surface area contributed by atoms with Crippen LogP contribution in [-0.2, 0) is 10.0 Å². The van der Waals surface area contributed by atoms with Gasteiger partial charge < -0.3 is 10.2 Å². The summed E-state index contributed by atoms with van der Waals surface area (Å²) in [6, 6.07) is 14.8. The molecule has 0 radical (unpaired) electrons. The van der Waals surface area contributed by atoms with Crippen molar-refractivity contribution in [3.05, 3.63) is 102 Å². The lowest BCUT2D eigenvalue weighted by Gasteiger charge is -2.28. The summed E-state index contributed by atoms with van der Waals surface area (Å²) in [6.07, 6.45) is 6.83. The number of ketones is 1. The van der Waals surface area contributed by atoms with Crippen molar-refractivity contribution in [1.82, 2.24) is 4.72 Å². The molecule has 3 N–H and O–H groups in total. The predicted molar refractivity (Wildman–Crippen MR) is 110 cm³/mol. The number of aliphatic hydroxyl groups is 2. The Morgan fingerprint density at radius 3 is 2.38 bits per heavy atom. The van der Waals surface area contributed by atoms with Crippen LogP contribution in [-0.4, -0.2) is 30.1 Å². The van der Waals surface area contributed by atoms with Gasteiger partial charge >= 0.3 is 0 Å². The van der Waals surface area contributed by atoms with E-state index in [9.17, 15) is 23.4 Å². The number of rotatable bonds is 6. The summed E-state index contributed by atoms with van der Waals surface area (Å²) in [6.45, 7) is 1.83. The standard InChI is InChI=1S/C22H21NO5S/c1-16-7-10-19(11-8-16)29(27,28)23-22(26)14-13-17(15-21(22)25)9-12-20(24)18-5-3-2-4-6-18/h2-15,17,23,25-26H,1H3/b12-9+. The molecule has 6 nitrogen and oxygen atoms in total. The molecule has 0 aromatic heterocycles. The molecule has 0 spiro atoms. The van der Waals surface area contributed by atoms with Crippen LogP contribution in [0, 0.1) is 12.8 Å².